The Balaban J connectivity index is 2.24. The quantitative estimate of drug-likeness (QED) is 0.771. The molecule has 1 aliphatic heterocycles. The maximum atomic E-state index is 12.7. The molecule has 2 aromatic rings. The van der Waals surface area contributed by atoms with Crippen LogP contribution in [0.4, 0.5) is 5.69 Å². The summed E-state index contributed by atoms with van der Waals surface area (Å²) < 4.78 is 1.43. The van der Waals surface area contributed by atoms with Gasteiger partial charge < -0.3 is 11.1 Å². The first-order valence-electron chi connectivity index (χ1n) is 6.75. The van der Waals surface area contributed by atoms with E-state index in [9.17, 15) is 9.59 Å². The molecule has 0 spiro atoms. The topological polar surface area (TPSA) is 90.0 Å². The number of nitrogens with two attached hydrogens (primary N) is 1. The standard InChI is InChI=1S/C15H16N4O2/c1-8-6-7-12(14(20)17-8)19-9(2)18-11-5-3-4-10(16)13(11)15(19)21/h3-5,12H,1,6-7,16H2,2H3,(H,17,20). The minimum atomic E-state index is -0.570. The van der Waals surface area contributed by atoms with Gasteiger partial charge in [0.1, 0.15) is 11.9 Å². The molecule has 6 nitrogen and oxygen atoms in total. The van der Waals surface area contributed by atoms with Crippen molar-refractivity contribution in [3.05, 3.63) is 46.7 Å². The molecule has 2 heterocycles. The van der Waals surface area contributed by atoms with Crippen molar-refractivity contribution in [2.75, 3.05) is 5.73 Å². The molecule has 1 fully saturated rings. The van der Waals surface area contributed by atoms with Crippen LogP contribution in [0.5, 0.6) is 0 Å². The number of nitrogens with one attached hydrogen (secondary N) is 1. The lowest BCUT2D eigenvalue weighted by Gasteiger charge is -2.26. The molecule has 1 saturated heterocycles. The number of fused-ring (bicyclic) bond motifs is 1. The van der Waals surface area contributed by atoms with Gasteiger partial charge in [-0.1, -0.05) is 12.6 Å². The van der Waals surface area contributed by atoms with E-state index < -0.39 is 6.04 Å². The summed E-state index contributed by atoms with van der Waals surface area (Å²) in [6.07, 6.45) is 1.18. The first-order chi connectivity index (χ1) is 9.99. The summed E-state index contributed by atoms with van der Waals surface area (Å²) in [4.78, 5) is 29.3. The zero-order chi connectivity index (χ0) is 15.1. The van der Waals surface area contributed by atoms with E-state index in [0.717, 1.165) is 0 Å². The highest BCUT2D eigenvalue weighted by Gasteiger charge is 2.28. The molecule has 1 amide bonds. The van der Waals surface area contributed by atoms with Crippen molar-refractivity contribution in [2.24, 2.45) is 0 Å². The van der Waals surface area contributed by atoms with Crippen LogP contribution in [0.2, 0.25) is 0 Å². The van der Waals surface area contributed by atoms with Crippen LogP contribution in [-0.4, -0.2) is 15.5 Å². The number of rotatable bonds is 1. The molecule has 1 aromatic carbocycles. The third-order valence-corrected chi connectivity index (χ3v) is 3.77. The molecule has 0 saturated carbocycles. The number of anilines is 1. The molecule has 3 rings (SSSR count). The normalized spacial score (nSPS) is 18.8. The van der Waals surface area contributed by atoms with Crippen molar-refractivity contribution in [3.63, 3.8) is 0 Å². The summed E-state index contributed by atoms with van der Waals surface area (Å²) in [7, 11) is 0. The fraction of sp³-hybridized carbons (Fsp3) is 0.267. The van der Waals surface area contributed by atoms with Gasteiger partial charge >= 0.3 is 0 Å². The Kier molecular flexibility index (Phi) is 3.01. The third kappa shape index (κ3) is 2.08. The number of hydrogen-bond acceptors (Lipinski definition) is 4. The van der Waals surface area contributed by atoms with Crippen LogP contribution in [0, 0.1) is 6.92 Å². The fourth-order valence-corrected chi connectivity index (χ4v) is 2.75. The lowest BCUT2D eigenvalue weighted by atomic mass is 10.0. The van der Waals surface area contributed by atoms with E-state index in [1.54, 1.807) is 25.1 Å². The number of piperidine rings is 1. The monoisotopic (exact) mass is 284 g/mol. The summed E-state index contributed by atoms with van der Waals surface area (Å²) in [5, 5.41) is 3.05. The van der Waals surface area contributed by atoms with E-state index in [-0.39, 0.29) is 11.5 Å². The van der Waals surface area contributed by atoms with Crippen molar-refractivity contribution in [2.45, 2.75) is 25.8 Å². The number of aryl methyl sites for hydroxylation is 1. The molecule has 108 valence electrons. The second kappa shape index (κ2) is 4.73. The van der Waals surface area contributed by atoms with Crippen LogP contribution < -0.4 is 16.6 Å². The summed E-state index contributed by atoms with van der Waals surface area (Å²) in [6.45, 7) is 5.47. The van der Waals surface area contributed by atoms with E-state index >= 15 is 0 Å². The smallest absolute Gasteiger partial charge is 0.264 e. The van der Waals surface area contributed by atoms with Crippen LogP contribution >= 0.6 is 0 Å². The van der Waals surface area contributed by atoms with Crippen LogP contribution in [0.1, 0.15) is 24.7 Å². The minimum absolute atomic E-state index is 0.230. The predicted molar refractivity (Wildman–Crippen MR) is 80.7 cm³/mol. The first-order valence-corrected chi connectivity index (χ1v) is 6.75. The molecule has 1 unspecified atom stereocenters. The molecular formula is C15H16N4O2. The maximum Gasteiger partial charge on any atom is 0.264 e. The molecule has 0 bridgehead atoms. The Bertz CT molecular complexity index is 822. The summed E-state index contributed by atoms with van der Waals surface area (Å²) in [5.74, 6) is 0.276. The van der Waals surface area contributed by atoms with Gasteiger partial charge in [-0.2, -0.15) is 0 Å². The summed E-state index contributed by atoms with van der Waals surface area (Å²) >= 11 is 0. The van der Waals surface area contributed by atoms with Crippen LogP contribution in [0.25, 0.3) is 10.9 Å². The average Bonchev–Trinajstić information content (AvgIpc) is 2.40. The molecule has 3 N–H and O–H groups in total. The number of hydrogen-bond donors (Lipinski definition) is 2. The molecular weight excluding hydrogens is 268 g/mol. The Hall–Kier alpha value is -2.63. The number of benzene rings is 1. The Morgan fingerprint density at radius 3 is 2.90 bits per heavy atom. The van der Waals surface area contributed by atoms with Crippen molar-refractivity contribution in [1.29, 1.82) is 0 Å². The summed E-state index contributed by atoms with van der Waals surface area (Å²) in [5.41, 5.74) is 7.22. The fourth-order valence-electron chi connectivity index (χ4n) is 2.75. The molecule has 1 aromatic heterocycles. The zero-order valence-corrected chi connectivity index (χ0v) is 11.7. The number of carbonyl (C=O) groups excluding carboxylic acids is 1. The number of allylic oxidation sites excluding steroid dienone is 1. The molecule has 21 heavy (non-hydrogen) atoms. The zero-order valence-electron chi connectivity index (χ0n) is 11.7. The van der Waals surface area contributed by atoms with Gasteiger partial charge in [0.25, 0.3) is 5.56 Å². The molecule has 1 aliphatic rings. The van der Waals surface area contributed by atoms with Gasteiger partial charge in [0.15, 0.2) is 0 Å². The number of nitrogen functional groups attached to an aromatic ring is 1. The van der Waals surface area contributed by atoms with Crippen molar-refractivity contribution in [3.8, 4) is 0 Å². The van der Waals surface area contributed by atoms with Crippen LogP contribution in [0.3, 0.4) is 0 Å². The SMILES string of the molecule is C=C1CCC(n2c(C)nc3cccc(N)c3c2=O)C(=O)N1. The van der Waals surface area contributed by atoms with Crippen LogP contribution in [0.15, 0.2) is 35.3 Å². The number of aromatic nitrogens is 2. The third-order valence-electron chi connectivity index (χ3n) is 3.77. The van der Waals surface area contributed by atoms with Gasteiger partial charge in [-0.05, 0) is 31.9 Å². The first kappa shape index (κ1) is 13.4. The maximum absolute atomic E-state index is 12.7. The Labute approximate surface area is 121 Å². The van der Waals surface area contributed by atoms with Crippen LogP contribution in [-0.2, 0) is 4.79 Å². The van der Waals surface area contributed by atoms with Gasteiger partial charge in [0.05, 0.1) is 10.9 Å². The van der Waals surface area contributed by atoms with Gasteiger partial charge in [0, 0.05) is 11.4 Å². The van der Waals surface area contributed by atoms with Crippen molar-refractivity contribution >= 4 is 22.5 Å². The summed E-state index contributed by atoms with van der Waals surface area (Å²) in [6, 6.07) is 4.59. The van der Waals surface area contributed by atoms with Gasteiger partial charge in [-0.25, -0.2) is 4.98 Å². The minimum Gasteiger partial charge on any atom is -0.398 e. The highest BCUT2D eigenvalue weighted by molar-refractivity contribution is 5.90. The van der Waals surface area contributed by atoms with E-state index in [1.165, 1.54) is 4.57 Å². The molecule has 6 heteroatoms. The predicted octanol–water partition coefficient (Wildman–Crippen LogP) is 1.25. The molecule has 0 radical (unpaired) electrons. The van der Waals surface area contributed by atoms with Crippen molar-refractivity contribution in [1.82, 2.24) is 14.9 Å². The van der Waals surface area contributed by atoms with E-state index in [0.29, 0.717) is 41.0 Å². The Morgan fingerprint density at radius 1 is 1.43 bits per heavy atom. The highest BCUT2D eigenvalue weighted by Crippen LogP contribution is 2.23. The molecule has 1 atom stereocenters. The van der Waals surface area contributed by atoms with Gasteiger partial charge in [0.2, 0.25) is 5.91 Å². The van der Waals surface area contributed by atoms with Crippen molar-refractivity contribution < 1.29 is 4.79 Å². The lowest BCUT2D eigenvalue weighted by Crippen LogP contribution is -2.41. The lowest BCUT2D eigenvalue weighted by molar-refractivity contribution is -0.124. The Morgan fingerprint density at radius 2 is 2.19 bits per heavy atom. The second-order valence-corrected chi connectivity index (χ2v) is 5.22. The van der Waals surface area contributed by atoms with E-state index in [1.807, 2.05) is 0 Å². The average molecular weight is 284 g/mol. The number of nitrogens with zero attached hydrogens (tertiary/aromatic N) is 2. The molecule has 0 aliphatic carbocycles. The van der Waals surface area contributed by atoms with Gasteiger partial charge in [-0.15, -0.1) is 0 Å². The highest BCUT2D eigenvalue weighted by atomic mass is 16.2. The number of carbonyl (C=O) groups is 1. The van der Waals surface area contributed by atoms with E-state index in [2.05, 4.69) is 16.9 Å². The second-order valence-electron chi connectivity index (χ2n) is 5.22. The number of amides is 1. The van der Waals surface area contributed by atoms with Gasteiger partial charge in [-0.3, -0.25) is 14.2 Å². The van der Waals surface area contributed by atoms with E-state index in [4.69, 9.17) is 5.73 Å². The largest absolute Gasteiger partial charge is 0.398 e.